The molecule has 2 aromatic carbocycles. The van der Waals surface area contributed by atoms with Gasteiger partial charge in [0.2, 0.25) is 5.91 Å². The van der Waals surface area contributed by atoms with Gasteiger partial charge in [-0.05, 0) is 94.0 Å². The summed E-state index contributed by atoms with van der Waals surface area (Å²) in [6.45, 7) is 12.3. The van der Waals surface area contributed by atoms with Crippen molar-refractivity contribution in [2.24, 2.45) is 17.3 Å². The number of ether oxygens (including phenoxy) is 4. The predicted molar refractivity (Wildman–Crippen MR) is 167 cm³/mol. The highest BCUT2D eigenvalue weighted by Crippen LogP contribution is 2.65. The van der Waals surface area contributed by atoms with Gasteiger partial charge in [-0.2, -0.15) is 0 Å². The number of carbonyl (C=O) groups is 2. The number of methoxy groups -OCH3 is 3. The summed E-state index contributed by atoms with van der Waals surface area (Å²) in [7, 11) is 4.00. The Kier molecular flexibility index (Phi) is 8.72. The third-order valence-electron chi connectivity index (χ3n) is 9.84. The molecule has 2 aromatic rings. The van der Waals surface area contributed by atoms with Crippen molar-refractivity contribution in [3.05, 3.63) is 53.1 Å². The molecule has 4 fully saturated rings. The summed E-state index contributed by atoms with van der Waals surface area (Å²) in [4.78, 5) is 26.8. The Morgan fingerprint density at radius 2 is 1.77 bits per heavy atom. The first-order valence-corrected chi connectivity index (χ1v) is 15.4. The number of benzene rings is 2. The van der Waals surface area contributed by atoms with Crippen LogP contribution < -0.4 is 19.5 Å². The Hall–Kier alpha value is -3.24. The van der Waals surface area contributed by atoms with E-state index in [0.29, 0.717) is 46.6 Å². The predicted octanol–water partition coefficient (Wildman–Crippen LogP) is 5.21. The molecule has 1 heterocycles. The molecule has 1 aliphatic heterocycles. The van der Waals surface area contributed by atoms with Crippen molar-refractivity contribution in [3.63, 3.8) is 0 Å². The molecule has 4 aliphatic rings. The number of hydrogen-bond donors (Lipinski definition) is 1. The van der Waals surface area contributed by atoms with Gasteiger partial charge in [-0.3, -0.25) is 4.79 Å². The highest BCUT2D eigenvalue weighted by atomic mass is 16.7. The number of rotatable bonds is 10. The summed E-state index contributed by atoms with van der Waals surface area (Å²) in [6, 6.07) is 10.8. The molecular weight excluding hydrogens is 561 g/mol. The lowest BCUT2D eigenvalue weighted by Crippen LogP contribution is -2.65. The van der Waals surface area contributed by atoms with Crippen LogP contribution in [0, 0.1) is 17.3 Å². The van der Waals surface area contributed by atoms with Crippen LogP contribution in [0.3, 0.4) is 0 Å². The molecule has 10 heteroatoms. The molecule has 0 aromatic heterocycles. The van der Waals surface area contributed by atoms with E-state index in [4.69, 9.17) is 28.3 Å². The van der Waals surface area contributed by atoms with Gasteiger partial charge in [0.15, 0.2) is 0 Å². The Bertz CT molecular complexity index is 1400. The molecule has 9 nitrogen and oxygen atoms in total. The van der Waals surface area contributed by atoms with Gasteiger partial charge >= 0.3 is 13.1 Å². The fourth-order valence-electron chi connectivity index (χ4n) is 7.45. The van der Waals surface area contributed by atoms with E-state index in [0.717, 1.165) is 18.4 Å². The molecule has 0 spiro atoms. The third kappa shape index (κ3) is 6.03. The molecule has 3 aliphatic carbocycles. The summed E-state index contributed by atoms with van der Waals surface area (Å²) < 4.78 is 35.8. The summed E-state index contributed by atoms with van der Waals surface area (Å²) in [6.07, 6.45) is 2.37. The molecule has 0 radical (unpaired) electrons. The fraction of sp³-hybridized carbons (Fsp3) is 0.588. The van der Waals surface area contributed by atoms with Crippen LogP contribution in [0.4, 0.5) is 0 Å². The lowest BCUT2D eigenvalue weighted by Gasteiger charge is -2.64. The summed E-state index contributed by atoms with van der Waals surface area (Å²) >= 11 is 0. The van der Waals surface area contributed by atoms with Crippen molar-refractivity contribution < 1.29 is 37.8 Å². The van der Waals surface area contributed by atoms with Gasteiger partial charge in [0, 0.05) is 5.56 Å². The van der Waals surface area contributed by atoms with Crippen LogP contribution in [-0.2, 0) is 31.7 Å². The number of hydrogen-bond acceptors (Lipinski definition) is 8. The second kappa shape index (κ2) is 11.9. The second-order valence-corrected chi connectivity index (χ2v) is 14.1. The van der Waals surface area contributed by atoms with Gasteiger partial charge in [0.1, 0.15) is 28.4 Å². The molecule has 5 atom stereocenters. The monoisotopic (exact) mass is 607 g/mol. The molecule has 238 valence electrons. The maximum absolute atomic E-state index is 13.7. The van der Waals surface area contributed by atoms with Gasteiger partial charge < -0.3 is 33.6 Å². The summed E-state index contributed by atoms with van der Waals surface area (Å²) in [5.74, 6) is 1.33. The average Bonchev–Trinajstić information content (AvgIpc) is 3.32. The lowest BCUT2D eigenvalue weighted by molar-refractivity contribution is -0.199. The molecule has 2 bridgehead atoms. The Morgan fingerprint density at radius 1 is 1.02 bits per heavy atom. The molecule has 6 rings (SSSR count). The van der Waals surface area contributed by atoms with Gasteiger partial charge in [0.05, 0.1) is 45.4 Å². The van der Waals surface area contributed by atoms with E-state index >= 15 is 0 Å². The fourth-order valence-corrected chi connectivity index (χ4v) is 7.45. The van der Waals surface area contributed by atoms with Crippen molar-refractivity contribution >= 4 is 19.0 Å². The maximum atomic E-state index is 13.7. The number of nitrogens with one attached hydrogen (secondary N) is 1. The standard InChI is InChI=1S/C34H46BNO8/c1-32(2,3)42-31(38)24-12-10-11-20(30(24)41-9)16-28(36-29(37)17-21-15-23(39-7)13-14-25(21)40-8)35-43-27-19-22-18-26(33(22,4)5)34(27,6)44-35/h10-15,22,26-28H,16-19H2,1-9H3,(H,36,37)/t22?,26-,27?,28?,34?/m1/s1. The Balaban J connectivity index is 1.44. The topological polar surface area (TPSA) is 102 Å². The lowest BCUT2D eigenvalue weighted by atomic mass is 9.43. The van der Waals surface area contributed by atoms with Crippen LogP contribution in [0.15, 0.2) is 36.4 Å². The van der Waals surface area contributed by atoms with Gasteiger partial charge in [-0.15, -0.1) is 0 Å². The van der Waals surface area contributed by atoms with E-state index in [9.17, 15) is 9.59 Å². The Labute approximate surface area is 261 Å². The highest BCUT2D eigenvalue weighted by Gasteiger charge is 2.68. The van der Waals surface area contributed by atoms with Crippen molar-refractivity contribution in [2.45, 2.75) is 90.5 Å². The largest absolute Gasteiger partial charge is 0.497 e. The van der Waals surface area contributed by atoms with Crippen LogP contribution in [-0.4, -0.2) is 63.6 Å². The molecule has 1 N–H and O–H groups in total. The molecular formula is C34H46BNO8. The molecule has 1 saturated heterocycles. The molecule has 4 unspecified atom stereocenters. The number of amides is 1. The van der Waals surface area contributed by atoms with Crippen molar-refractivity contribution in [3.8, 4) is 17.2 Å². The summed E-state index contributed by atoms with van der Waals surface area (Å²) in [5.41, 5.74) is 0.811. The van der Waals surface area contributed by atoms with Gasteiger partial charge in [0.25, 0.3) is 0 Å². The van der Waals surface area contributed by atoms with E-state index in [1.807, 2.05) is 26.8 Å². The first-order chi connectivity index (χ1) is 20.7. The van der Waals surface area contributed by atoms with E-state index < -0.39 is 30.2 Å². The van der Waals surface area contributed by atoms with Gasteiger partial charge in [-0.25, -0.2) is 4.79 Å². The zero-order chi connectivity index (χ0) is 32.0. The van der Waals surface area contributed by atoms with E-state index in [1.165, 1.54) is 7.11 Å². The number of esters is 1. The van der Waals surface area contributed by atoms with Gasteiger partial charge in [-0.1, -0.05) is 26.0 Å². The zero-order valence-electron chi connectivity index (χ0n) is 27.4. The minimum atomic E-state index is -0.689. The highest BCUT2D eigenvalue weighted by molar-refractivity contribution is 6.48. The number of para-hydroxylation sites is 1. The molecule has 1 amide bonds. The normalized spacial score (nSPS) is 25.8. The Morgan fingerprint density at radius 3 is 2.41 bits per heavy atom. The molecule has 3 saturated carbocycles. The average molecular weight is 608 g/mol. The van der Waals surface area contributed by atoms with Crippen LogP contribution in [0.2, 0.25) is 0 Å². The van der Waals surface area contributed by atoms with E-state index in [-0.39, 0.29) is 23.8 Å². The quantitative estimate of drug-likeness (QED) is 0.291. The second-order valence-electron chi connectivity index (χ2n) is 14.1. The molecule has 44 heavy (non-hydrogen) atoms. The minimum Gasteiger partial charge on any atom is -0.497 e. The number of carbonyl (C=O) groups excluding carboxylic acids is 2. The van der Waals surface area contributed by atoms with Crippen LogP contribution in [0.1, 0.15) is 75.9 Å². The maximum Gasteiger partial charge on any atom is 0.482 e. The van der Waals surface area contributed by atoms with Crippen LogP contribution >= 0.6 is 0 Å². The van der Waals surface area contributed by atoms with E-state index in [2.05, 4.69) is 26.1 Å². The van der Waals surface area contributed by atoms with Crippen LogP contribution in [0.5, 0.6) is 17.2 Å². The SMILES string of the molecule is COc1ccc(OC)c(CC(=O)NC(Cc2cccc(C(=O)OC(C)(C)C)c2OC)B2OC3CC4C[C@H](C4(C)C)C3(C)O2)c1. The van der Waals surface area contributed by atoms with E-state index in [1.54, 1.807) is 44.6 Å². The van der Waals surface area contributed by atoms with Crippen molar-refractivity contribution in [2.75, 3.05) is 21.3 Å². The minimum absolute atomic E-state index is 0.0582. The third-order valence-corrected chi connectivity index (χ3v) is 9.84. The van der Waals surface area contributed by atoms with Crippen LogP contribution in [0.25, 0.3) is 0 Å². The van der Waals surface area contributed by atoms with Crippen molar-refractivity contribution in [1.29, 1.82) is 0 Å². The summed E-state index contributed by atoms with van der Waals surface area (Å²) in [5, 5.41) is 3.20. The zero-order valence-corrected chi connectivity index (χ0v) is 27.4. The first-order valence-electron chi connectivity index (χ1n) is 15.4. The first kappa shape index (κ1) is 32.2. The van der Waals surface area contributed by atoms with Crippen molar-refractivity contribution in [1.82, 2.24) is 5.32 Å². The smallest absolute Gasteiger partial charge is 0.482 e.